The molecule has 1 saturated heterocycles. The molecule has 4 nitrogen and oxygen atoms in total. The maximum Gasteiger partial charge on any atom is 0.323 e. The normalized spacial score (nSPS) is 20.0. The van der Waals surface area contributed by atoms with Crippen molar-refractivity contribution in [3.05, 3.63) is 29.8 Å². The van der Waals surface area contributed by atoms with Crippen molar-refractivity contribution in [3.8, 4) is 5.75 Å². The Balaban J connectivity index is 2.08. The van der Waals surface area contributed by atoms with E-state index < -0.39 is 0 Å². The first-order valence-electron chi connectivity index (χ1n) is 6.69. The summed E-state index contributed by atoms with van der Waals surface area (Å²) in [5, 5.41) is 0. The molecule has 104 valence electrons. The zero-order valence-corrected chi connectivity index (χ0v) is 11.6. The minimum Gasteiger partial charge on any atom is -0.497 e. The summed E-state index contributed by atoms with van der Waals surface area (Å²) in [5.74, 6) is 0.728. The lowest BCUT2D eigenvalue weighted by Gasteiger charge is -2.33. The largest absolute Gasteiger partial charge is 0.497 e. The molecule has 1 aliphatic heterocycles. The quantitative estimate of drug-likeness (QED) is 0.781. The SMILES string of the molecule is COC(=O)C1CCCCN1Cc1cccc(OC)c1. The standard InChI is InChI=1S/C15H21NO3/c1-18-13-7-5-6-12(10-13)11-16-9-4-3-8-14(16)15(17)19-2/h5-7,10,14H,3-4,8-9,11H2,1-2H3. The molecule has 0 saturated carbocycles. The molecule has 2 rings (SSSR count). The zero-order chi connectivity index (χ0) is 13.7. The Hall–Kier alpha value is -1.55. The van der Waals surface area contributed by atoms with E-state index in [1.165, 1.54) is 7.11 Å². The Morgan fingerprint density at radius 3 is 2.95 bits per heavy atom. The molecule has 1 fully saturated rings. The van der Waals surface area contributed by atoms with Crippen molar-refractivity contribution in [2.45, 2.75) is 31.8 Å². The van der Waals surface area contributed by atoms with Crippen molar-refractivity contribution in [2.75, 3.05) is 20.8 Å². The maximum absolute atomic E-state index is 11.8. The summed E-state index contributed by atoms with van der Waals surface area (Å²) in [6.07, 6.45) is 3.11. The summed E-state index contributed by atoms with van der Waals surface area (Å²) in [5.41, 5.74) is 1.16. The van der Waals surface area contributed by atoms with Crippen LogP contribution in [0.1, 0.15) is 24.8 Å². The van der Waals surface area contributed by atoms with Crippen LogP contribution in [0.2, 0.25) is 0 Å². The molecular weight excluding hydrogens is 242 g/mol. The highest BCUT2D eigenvalue weighted by Crippen LogP contribution is 2.22. The fourth-order valence-electron chi connectivity index (χ4n) is 2.59. The third-order valence-corrected chi connectivity index (χ3v) is 3.61. The van der Waals surface area contributed by atoms with Crippen molar-refractivity contribution in [1.82, 2.24) is 4.90 Å². The number of nitrogens with zero attached hydrogens (tertiary/aromatic N) is 1. The molecule has 0 N–H and O–H groups in total. The highest BCUT2D eigenvalue weighted by atomic mass is 16.5. The van der Waals surface area contributed by atoms with Crippen molar-refractivity contribution in [1.29, 1.82) is 0 Å². The number of esters is 1. The van der Waals surface area contributed by atoms with Crippen molar-refractivity contribution in [3.63, 3.8) is 0 Å². The van der Waals surface area contributed by atoms with Gasteiger partial charge in [-0.3, -0.25) is 9.69 Å². The average molecular weight is 263 g/mol. The van der Waals surface area contributed by atoms with Crippen molar-refractivity contribution >= 4 is 5.97 Å². The van der Waals surface area contributed by atoms with Gasteiger partial charge in [-0.05, 0) is 37.1 Å². The van der Waals surface area contributed by atoms with Crippen LogP contribution in [0.15, 0.2) is 24.3 Å². The van der Waals surface area contributed by atoms with Gasteiger partial charge in [-0.25, -0.2) is 0 Å². The monoisotopic (exact) mass is 263 g/mol. The summed E-state index contributed by atoms with van der Waals surface area (Å²) in [6.45, 7) is 1.70. The van der Waals surface area contributed by atoms with E-state index in [2.05, 4.69) is 11.0 Å². The number of ether oxygens (including phenoxy) is 2. The summed E-state index contributed by atoms with van der Waals surface area (Å²) >= 11 is 0. The number of likely N-dealkylation sites (tertiary alicyclic amines) is 1. The molecule has 1 atom stereocenters. The first kappa shape index (κ1) is 13.9. The summed E-state index contributed by atoms with van der Waals surface area (Å²) < 4.78 is 10.1. The minimum atomic E-state index is -0.123. The number of rotatable bonds is 4. The van der Waals surface area contributed by atoms with Gasteiger partial charge in [-0.2, -0.15) is 0 Å². The number of methoxy groups -OCH3 is 2. The topological polar surface area (TPSA) is 38.8 Å². The Morgan fingerprint density at radius 1 is 1.37 bits per heavy atom. The third-order valence-electron chi connectivity index (χ3n) is 3.61. The van der Waals surface area contributed by atoms with Crippen LogP contribution in [0.4, 0.5) is 0 Å². The van der Waals surface area contributed by atoms with Crippen LogP contribution in [0.3, 0.4) is 0 Å². The smallest absolute Gasteiger partial charge is 0.323 e. The molecule has 1 unspecified atom stereocenters. The van der Waals surface area contributed by atoms with Crippen LogP contribution in [-0.4, -0.2) is 37.7 Å². The molecule has 19 heavy (non-hydrogen) atoms. The van der Waals surface area contributed by atoms with E-state index >= 15 is 0 Å². The van der Waals surface area contributed by atoms with Gasteiger partial charge in [0, 0.05) is 6.54 Å². The molecule has 0 amide bonds. The highest BCUT2D eigenvalue weighted by molar-refractivity contribution is 5.75. The molecule has 1 aromatic rings. The van der Waals surface area contributed by atoms with E-state index in [9.17, 15) is 4.79 Å². The molecule has 4 heteroatoms. The Kier molecular flexibility index (Phi) is 4.80. The van der Waals surface area contributed by atoms with E-state index in [0.29, 0.717) is 0 Å². The lowest BCUT2D eigenvalue weighted by Crippen LogP contribution is -2.44. The van der Waals surface area contributed by atoms with Gasteiger partial charge in [0.1, 0.15) is 11.8 Å². The van der Waals surface area contributed by atoms with Crippen LogP contribution >= 0.6 is 0 Å². The second-order valence-electron chi connectivity index (χ2n) is 4.86. The number of hydrogen-bond donors (Lipinski definition) is 0. The number of carbonyl (C=O) groups excluding carboxylic acids is 1. The van der Waals surface area contributed by atoms with Gasteiger partial charge in [0.05, 0.1) is 14.2 Å². The van der Waals surface area contributed by atoms with Crippen LogP contribution in [-0.2, 0) is 16.1 Å². The fraction of sp³-hybridized carbons (Fsp3) is 0.533. The number of hydrogen-bond acceptors (Lipinski definition) is 4. The van der Waals surface area contributed by atoms with Crippen LogP contribution < -0.4 is 4.74 Å². The molecular formula is C15H21NO3. The van der Waals surface area contributed by atoms with Crippen LogP contribution in [0.5, 0.6) is 5.75 Å². The number of piperidine rings is 1. The van der Waals surface area contributed by atoms with Gasteiger partial charge in [0.25, 0.3) is 0 Å². The zero-order valence-electron chi connectivity index (χ0n) is 11.6. The Labute approximate surface area is 114 Å². The van der Waals surface area contributed by atoms with Crippen LogP contribution in [0.25, 0.3) is 0 Å². The van der Waals surface area contributed by atoms with Gasteiger partial charge >= 0.3 is 5.97 Å². The van der Waals surface area contributed by atoms with Gasteiger partial charge in [-0.15, -0.1) is 0 Å². The predicted molar refractivity (Wildman–Crippen MR) is 73.1 cm³/mol. The van der Waals surface area contributed by atoms with E-state index in [1.807, 2.05) is 18.2 Å². The van der Waals surface area contributed by atoms with E-state index in [-0.39, 0.29) is 12.0 Å². The minimum absolute atomic E-state index is 0.107. The molecule has 1 aromatic carbocycles. The molecule has 0 aliphatic carbocycles. The van der Waals surface area contributed by atoms with E-state index in [1.54, 1.807) is 7.11 Å². The summed E-state index contributed by atoms with van der Waals surface area (Å²) in [7, 11) is 3.12. The fourth-order valence-corrected chi connectivity index (χ4v) is 2.59. The van der Waals surface area contributed by atoms with Crippen LogP contribution in [0, 0.1) is 0 Å². The second-order valence-corrected chi connectivity index (χ2v) is 4.86. The second kappa shape index (κ2) is 6.57. The van der Waals surface area contributed by atoms with Gasteiger partial charge in [-0.1, -0.05) is 18.6 Å². The molecule has 1 heterocycles. The molecule has 1 aliphatic rings. The molecule has 0 spiro atoms. The van der Waals surface area contributed by atoms with Crippen molar-refractivity contribution in [2.24, 2.45) is 0 Å². The van der Waals surface area contributed by atoms with Gasteiger partial charge in [0.15, 0.2) is 0 Å². The lowest BCUT2D eigenvalue weighted by molar-refractivity contribution is -0.148. The first-order valence-corrected chi connectivity index (χ1v) is 6.69. The van der Waals surface area contributed by atoms with Gasteiger partial charge < -0.3 is 9.47 Å². The van der Waals surface area contributed by atoms with E-state index in [0.717, 1.165) is 43.7 Å². The Morgan fingerprint density at radius 2 is 2.21 bits per heavy atom. The summed E-state index contributed by atoms with van der Waals surface area (Å²) in [4.78, 5) is 14.0. The summed E-state index contributed by atoms with van der Waals surface area (Å²) in [6, 6.07) is 7.88. The third kappa shape index (κ3) is 3.47. The molecule has 0 radical (unpaired) electrons. The first-order chi connectivity index (χ1) is 9.24. The maximum atomic E-state index is 11.8. The molecule has 0 bridgehead atoms. The lowest BCUT2D eigenvalue weighted by atomic mass is 10.0. The average Bonchev–Trinajstić information content (AvgIpc) is 2.47. The number of benzene rings is 1. The highest BCUT2D eigenvalue weighted by Gasteiger charge is 2.29. The molecule has 0 aromatic heterocycles. The number of carbonyl (C=O) groups is 1. The van der Waals surface area contributed by atoms with Gasteiger partial charge in [0.2, 0.25) is 0 Å². The Bertz CT molecular complexity index is 433. The van der Waals surface area contributed by atoms with E-state index in [4.69, 9.17) is 9.47 Å². The predicted octanol–water partition coefficient (Wildman–Crippen LogP) is 2.22. The van der Waals surface area contributed by atoms with Crippen molar-refractivity contribution < 1.29 is 14.3 Å².